The number of amides is 1. The fourth-order valence-corrected chi connectivity index (χ4v) is 2.30. The van der Waals surface area contributed by atoms with E-state index in [4.69, 9.17) is 10.5 Å². The number of aromatic nitrogens is 1. The van der Waals surface area contributed by atoms with E-state index < -0.39 is 0 Å². The number of primary amides is 1. The summed E-state index contributed by atoms with van der Waals surface area (Å²) in [5.74, 6) is 0.349. The first-order chi connectivity index (χ1) is 9.17. The Kier molecular flexibility index (Phi) is 4.57. The minimum absolute atomic E-state index is 0.259. The van der Waals surface area contributed by atoms with Gasteiger partial charge in [0.1, 0.15) is 0 Å². The van der Waals surface area contributed by atoms with Crippen LogP contribution in [0.15, 0.2) is 18.3 Å². The molecule has 0 aromatic carbocycles. The number of carbonyl (C=O) groups is 1. The molecule has 1 amide bonds. The van der Waals surface area contributed by atoms with Crippen molar-refractivity contribution in [3.63, 3.8) is 0 Å². The normalized spacial score (nSPS) is 17.1. The van der Waals surface area contributed by atoms with Crippen molar-refractivity contribution in [2.45, 2.75) is 18.9 Å². The highest BCUT2D eigenvalue weighted by Gasteiger charge is 2.19. The van der Waals surface area contributed by atoms with Crippen LogP contribution < -0.4 is 15.8 Å². The third-order valence-electron chi connectivity index (χ3n) is 3.28. The topological polar surface area (TPSA) is 80.5 Å². The summed E-state index contributed by atoms with van der Waals surface area (Å²) in [5, 5.41) is 3.47. The van der Waals surface area contributed by atoms with Crippen LogP contribution in [0, 0.1) is 0 Å². The Morgan fingerprint density at radius 2 is 2.32 bits per heavy atom. The predicted molar refractivity (Wildman–Crippen MR) is 73.1 cm³/mol. The van der Waals surface area contributed by atoms with E-state index in [-0.39, 0.29) is 5.91 Å². The van der Waals surface area contributed by atoms with Gasteiger partial charge < -0.3 is 15.8 Å². The first-order valence-electron chi connectivity index (χ1n) is 6.44. The lowest BCUT2D eigenvalue weighted by Gasteiger charge is -2.32. The standard InChI is InChI=1S/C13H20N4O2/c1-19-13-8-11(2-5-15-13)16-10-3-6-17(7-4-10)9-12(14)18/h2,5,8,10H,3-4,6-7,9H2,1H3,(H2,14,18)(H,15,16). The lowest BCUT2D eigenvalue weighted by atomic mass is 10.0. The molecule has 3 N–H and O–H groups in total. The number of ether oxygens (including phenoxy) is 1. The van der Waals surface area contributed by atoms with Crippen LogP contribution in [0.2, 0.25) is 0 Å². The first kappa shape index (κ1) is 13.6. The second-order valence-electron chi connectivity index (χ2n) is 4.75. The third kappa shape index (κ3) is 4.10. The van der Waals surface area contributed by atoms with Crippen LogP contribution >= 0.6 is 0 Å². The number of nitrogens with two attached hydrogens (primary N) is 1. The number of rotatable bonds is 5. The molecule has 0 aliphatic carbocycles. The van der Waals surface area contributed by atoms with Crippen LogP contribution in [0.25, 0.3) is 0 Å². The van der Waals surface area contributed by atoms with Crippen molar-refractivity contribution < 1.29 is 9.53 Å². The monoisotopic (exact) mass is 264 g/mol. The number of nitrogens with one attached hydrogen (secondary N) is 1. The van der Waals surface area contributed by atoms with Crippen molar-refractivity contribution in [2.24, 2.45) is 5.73 Å². The summed E-state index contributed by atoms with van der Waals surface area (Å²) < 4.78 is 5.09. The third-order valence-corrected chi connectivity index (χ3v) is 3.28. The number of piperidine rings is 1. The lowest BCUT2D eigenvalue weighted by molar-refractivity contribution is -0.119. The maximum absolute atomic E-state index is 10.9. The summed E-state index contributed by atoms with van der Waals surface area (Å²) in [5.41, 5.74) is 6.21. The Morgan fingerprint density at radius 3 is 2.95 bits per heavy atom. The highest BCUT2D eigenvalue weighted by atomic mass is 16.5. The molecule has 1 aliphatic heterocycles. The molecule has 0 saturated carbocycles. The highest BCUT2D eigenvalue weighted by Crippen LogP contribution is 2.18. The summed E-state index contributed by atoms with van der Waals surface area (Å²) in [6, 6.07) is 4.23. The van der Waals surface area contributed by atoms with E-state index in [1.807, 2.05) is 12.1 Å². The second-order valence-corrected chi connectivity index (χ2v) is 4.75. The van der Waals surface area contributed by atoms with E-state index in [9.17, 15) is 4.79 Å². The van der Waals surface area contributed by atoms with E-state index in [0.717, 1.165) is 31.6 Å². The van der Waals surface area contributed by atoms with Crippen LogP contribution in [0.4, 0.5) is 5.69 Å². The van der Waals surface area contributed by atoms with Crippen molar-refractivity contribution in [1.29, 1.82) is 0 Å². The van der Waals surface area contributed by atoms with Gasteiger partial charge in [0.2, 0.25) is 11.8 Å². The van der Waals surface area contributed by atoms with Gasteiger partial charge in [0.15, 0.2) is 0 Å². The molecule has 1 saturated heterocycles. The van der Waals surface area contributed by atoms with E-state index >= 15 is 0 Å². The molecule has 0 radical (unpaired) electrons. The lowest BCUT2D eigenvalue weighted by Crippen LogP contribution is -2.42. The van der Waals surface area contributed by atoms with Crippen LogP contribution in [0.3, 0.4) is 0 Å². The largest absolute Gasteiger partial charge is 0.481 e. The summed E-state index contributed by atoms with van der Waals surface area (Å²) >= 11 is 0. The van der Waals surface area contributed by atoms with Crippen molar-refractivity contribution in [3.8, 4) is 5.88 Å². The molecule has 1 fully saturated rings. The Balaban J connectivity index is 1.83. The predicted octanol–water partition coefficient (Wildman–Crippen LogP) is 0.452. The number of likely N-dealkylation sites (tertiary alicyclic amines) is 1. The molecule has 0 spiro atoms. The van der Waals surface area contributed by atoms with Gasteiger partial charge in [0.25, 0.3) is 0 Å². The molecule has 2 rings (SSSR count). The molecular weight excluding hydrogens is 244 g/mol. The van der Waals surface area contributed by atoms with E-state index in [0.29, 0.717) is 18.5 Å². The molecule has 1 aromatic rings. The maximum atomic E-state index is 10.9. The number of anilines is 1. The Labute approximate surface area is 112 Å². The highest BCUT2D eigenvalue weighted by molar-refractivity contribution is 5.75. The SMILES string of the molecule is COc1cc(NC2CCN(CC(N)=O)CC2)ccn1. The van der Waals surface area contributed by atoms with Crippen molar-refractivity contribution in [3.05, 3.63) is 18.3 Å². The zero-order chi connectivity index (χ0) is 13.7. The maximum Gasteiger partial charge on any atom is 0.231 e. The van der Waals surface area contributed by atoms with Gasteiger partial charge in [-0.1, -0.05) is 0 Å². The average Bonchev–Trinajstić information content (AvgIpc) is 2.41. The number of nitrogens with zero attached hydrogens (tertiary/aromatic N) is 2. The number of methoxy groups -OCH3 is 1. The molecule has 2 heterocycles. The van der Waals surface area contributed by atoms with Gasteiger partial charge in [-0.25, -0.2) is 4.98 Å². The summed E-state index contributed by atoms with van der Waals surface area (Å²) in [4.78, 5) is 17.0. The summed E-state index contributed by atoms with van der Waals surface area (Å²) in [6.07, 6.45) is 3.72. The van der Waals surface area contributed by atoms with E-state index in [1.165, 1.54) is 0 Å². The molecule has 104 valence electrons. The Hall–Kier alpha value is -1.82. The van der Waals surface area contributed by atoms with Crippen LogP contribution in [0.5, 0.6) is 5.88 Å². The first-order valence-corrected chi connectivity index (χ1v) is 6.44. The van der Waals surface area contributed by atoms with E-state index in [2.05, 4.69) is 15.2 Å². The molecule has 0 bridgehead atoms. The zero-order valence-corrected chi connectivity index (χ0v) is 11.1. The van der Waals surface area contributed by atoms with E-state index in [1.54, 1.807) is 13.3 Å². The van der Waals surface area contributed by atoms with Crippen LogP contribution in [-0.2, 0) is 4.79 Å². The van der Waals surface area contributed by atoms with Gasteiger partial charge in [-0.2, -0.15) is 0 Å². The molecule has 19 heavy (non-hydrogen) atoms. The fourth-order valence-electron chi connectivity index (χ4n) is 2.30. The summed E-state index contributed by atoms with van der Waals surface area (Å²) in [7, 11) is 1.61. The van der Waals surface area contributed by atoms with Crippen molar-refractivity contribution >= 4 is 11.6 Å². The Morgan fingerprint density at radius 1 is 1.58 bits per heavy atom. The van der Waals surface area contributed by atoms with Gasteiger partial charge >= 0.3 is 0 Å². The molecular formula is C13H20N4O2. The smallest absolute Gasteiger partial charge is 0.231 e. The number of pyridine rings is 1. The number of hydrogen-bond donors (Lipinski definition) is 2. The molecule has 6 heteroatoms. The quantitative estimate of drug-likeness (QED) is 0.807. The minimum atomic E-state index is -0.259. The summed E-state index contributed by atoms with van der Waals surface area (Å²) in [6.45, 7) is 2.14. The second kappa shape index (κ2) is 6.38. The number of hydrogen-bond acceptors (Lipinski definition) is 5. The molecule has 0 atom stereocenters. The zero-order valence-electron chi connectivity index (χ0n) is 11.1. The van der Waals surface area contributed by atoms with Gasteiger partial charge in [-0.05, 0) is 18.9 Å². The molecule has 0 unspecified atom stereocenters. The van der Waals surface area contributed by atoms with Crippen molar-refractivity contribution in [1.82, 2.24) is 9.88 Å². The van der Waals surface area contributed by atoms with Gasteiger partial charge in [0, 0.05) is 37.1 Å². The molecule has 6 nitrogen and oxygen atoms in total. The number of carbonyl (C=O) groups excluding carboxylic acids is 1. The average molecular weight is 264 g/mol. The Bertz CT molecular complexity index is 430. The van der Waals surface area contributed by atoms with Gasteiger partial charge in [-0.3, -0.25) is 9.69 Å². The van der Waals surface area contributed by atoms with Crippen LogP contribution in [0.1, 0.15) is 12.8 Å². The van der Waals surface area contributed by atoms with Gasteiger partial charge in [-0.15, -0.1) is 0 Å². The van der Waals surface area contributed by atoms with Crippen molar-refractivity contribution in [2.75, 3.05) is 32.1 Å². The minimum Gasteiger partial charge on any atom is -0.481 e. The van der Waals surface area contributed by atoms with Gasteiger partial charge in [0.05, 0.1) is 13.7 Å². The molecule has 1 aromatic heterocycles. The molecule has 1 aliphatic rings. The van der Waals surface area contributed by atoms with Crippen LogP contribution in [-0.4, -0.2) is 48.6 Å². The fraction of sp³-hybridized carbons (Fsp3) is 0.538.